The minimum absolute atomic E-state index is 0.00672. The minimum Gasteiger partial charge on any atom is -0.480 e. The molecule has 14 heavy (non-hydrogen) atoms. The molecular weight excluding hydrogens is 182 g/mol. The second-order valence-electron chi connectivity index (χ2n) is 2.98. The molecule has 0 bridgehead atoms. The van der Waals surface area contributed by atoms with Gasteiger partial charge in [-0.1, -0.05) is 24.3 Å². The maximum absolute atomic E-state index is 10.2. The van der Waals surface area contributed by atoms with Crippen LogP contribution in [0.3, 0.4) is 0 Å². The van der Waals surface area contributed by atoms with Crippen LogP contribution < -0.4 is 5.32 Å². The van der Waals surface area contributed by atoms with Crippen LogP contribution in [-0.4, -0.2) is 22.7 Å². The van der Waals surface area contributed by atoms with Gasteiger partial charge in [-0.25, -0.2) is 0 Å². The van der Waals surface area contributed by atoms with E-state index in [1.54, 1.807) is 0 Å². The van der Waals surface area contributed by atoms with Gasteiger partial charge in [-0.2, -0.15) is 0 Å². The van der Waals surface area contributed by atoms with Crippen molar-refractivity contribution in [1.29, 1.82) is 0 Å². The molecular formula is C10H13NO3. The van der Waals surface area contributed by atoms with E-state index in [4.69, 9.17) is 10.2 Å². The Kier molecular flexibility index (Phi) is 4.10. The molecule has 76 valence electrons. The van der Waals surface area contributed by atoms with Crippen LogP contribution in [-0.2, 0) is 17.9 Å². The molecule has 0 radical (unpaired) electrons. The molecule has 0 aromatic heterocycles. The summed E-state index contributed by atoms with van der Waals surface area (Å²) in [5.41, 5.74) is 1.80. The van der Waals surface area contributed by atoms with Crippen molar-refractivity contribution in [3.05, 3.63) is 35.4 Å². The number of hydrogen-bond donors (Lipinski definition) is 3. The van der Waals surface area contributed by atoms with Crippen LogP contribution in [0.4, 0.5) is 0 Å². The van der Waals surface area contributed by atoms with E-state index < -0.39 is 5.97 Å². The third-order valence-electron chi connectivity index (χ3n) is 1.78. The van der Waals surface area contributed by atoms with Crippen molar-refractivity contribution in [3.63, 3.8) is 0 Å². The van der Waals surface area contributed by atoms with Crippen molar-refractivity contribution in [3.8, 4) is 0 Å². The van der Waals surface area contributed by atoms with Gasteiger partial charge in [-0.05, 0) is 11.1 Å². The Balaban J connectivity index is 2.46. The Bertz CT molecular complexity index is 312. The molecule has 4 heteroatoms. The van der Waals surface area contributed by atoms with Gasteiger partial charge in [0.2, 0.25) is 0 Å². The molecule has 0 unspecified atom stereocenters. The van der Waals surface area contributed by atoms with Crippen molar-refractivity contribution in [2.24, 2.45) is 0 Å². The minimum atomic E-state index is -0.872. The first kappa shape index (κ1) is 10.7. The van der Waals surface area contributed by atoms with E-state index >= 15 is 0 Å². The number of aliphatic hydroxyl groups excluding tert-OH is 1. The van der Waals surface area contributed by atoms with Crippen molar-refractivity contribution in [2.45, 2.75) is 13.2 Å². The highest BCUT2D eigenvalue weighted by molar-refractivity contribution is 5.68. The molecule has 0 aliphatic rings. The normalized spacial score (nSPS) is 10.1. The average Bonchev–Trinajstić information content (AvgIpc) is 2.18. The molecule has 4 nitrogen and oxygen atoms in total. The molecule has 0 amide bonds. The lowest BCUT2D eigenvalue weighted by atomic mass is 10.1. The summed E-state index contributed by atoms with van der Waals surface area (Å²) in [4.78, 5) is 10.2. The van der Waals surface area contributed by atoms with E-state index in [9.17, 15) is 4.79 Å². The van der Waals surface area contributed by atoms with Gasteiger partial charge in [0.25, 0.3) is 0 Å². The number of carbonyl (C=O) groups is 1. The van der Waals surface area contributed by atoms with Gasteiger partial charge in [0.05, 0.1) is 13.2 Å². The lowest BCUT2D eigenvalue weighted by molar-refractivity contribution is -0.135. The van der Waals surface area contributed by atoms with Gasteiger partial charge in [-0.3, -0.25) is 4.79 Å². The Morgan fingerprint density at radius 1 is 1.36 bits per heavy atom. The van der Waals surface area contributed by atoms with Crippen LogP contribution in [0.25, 0.3) is 0 Å². The Morgan fingerprint density at radius 2 is 2.07 bits per heavy atom. The van der Waals surface area contributed by atoms with E-state index in [1.807, 2.05) is 24.3 Å². The van der Waals surface area contributed by atoms with Gasteiger partial charge in [-0.15, -0.1) is 0 Å². The van der Waals surface area contributed by atoms with Crippen molar-refractivity contribution in [1.82, 2.24) is 5.32 Å². The van der Waals surface area contributed by atoms with E-state index in [1.165, 1.54) is 0 Å². The summed E-state index contributed by atoms with van der Waals surface area (Å²) in [6, 6.07) is 7.38. The molecule has 0 atom stereocenters. The van der Waals surface area contributed by atoms with Crippen LogP contribution in [0.15, 0.2) is 24.3 Å². The highest BCUT2D eigenvalue weighted by Crippen LogP contribution is 2.04. The summed E-state index contributed by atoms with van der Waals surface area (Å²) in [6.45, 7) is 0.455. The largest absolute Gasteiger partial charge is 0.480 e. The highest BCUT2D eigenvalue weighted by Gasteiger charge is 1.97. The van der Waals surface area contributed by atoms with E-state index in [0.29, 0.717) is 6.54 Å². The third kappa shape index (κ3) is 3.55. The standard InChI is InChI=1S/C10H13NO3/c12-7-9-3-1-2-8(4-9)5-11-6-10(13)14/h1-4,11-12H,5-7H2,(H,13,14). The molecule has 0 heterocycles. The van der Waals surface area contributed by atoms with Gasteiger partial charge in [0.1, 0.15) is 0 Å². The third-order valence-corrected chi connectivity index (χ3v) is 1.78. The number of carboxylic acid groups (broad SMARTS) is 1. The highest BCUT2D eigenvalue weighted by atomic mass is 16.4. The molecule has 1 rings (SSSR count). The first-order valence-electron chi connectivity index (χ1n) is 4.33. The molecule has 0 saturated heterocycles. The number of carboxylic acids is 1. The lowest BCUT2D eigenvalue weighted by Crippen LogP contribution is -2.21. The number of rotatable bonds is 5. The summed E-state index contributed by atoms with van der Waals surface area (Å²) < 4.78 is 0. The first-order chi connectivity index (χ1) is 6.72. The molecule has 0 fully saturated rings. The van der Waals surface area contributed by atoms with E-state index in [0.717, 1.165) is 11.1 Å². The maximum Gasteiger partial charge on any atom is 0.317 e. The van der Waals surface area contributed by atoms with Crippen molar-refractivity contribution >= 4 is 5.97 Å². The van der Waals surface area contributed by atoms with Gasteiger partial charge in [0, 0.05) is 6.54 Å². The summed E-state index contributed by atoms with van der Waals surface area (Å²) >= 11 is 0. The number of aliphatic carboxylic acids is 1. The molecule has 0 saturated carbocycles. The van der Waals surface area contributed by atoms with Gasteiger partial charge in [0.15, 0.2) is 0 Å². The molecule has 0 aliphatic heterocycles. The first-order valence-corrected chi connectivity index (χ1v) is 4.33. The quantitative estimate of drug-likeness (QED) is 0.634. The van der Waals surface area contributed by atoms with Crippen LogP contribution in [0.2, 0.25) is 0 Å². The van der Waals surface area contributed by atoms with Crippen molar-refractivity contribution < 1.29 is 15.0 Å². The lowest BCUT2D eigenvalue weighted by Gasteiger charge is -2.03. The topological polar surface area (TPSA) is 69.6 Å². The summed E-state index contributed by atoms with van der Waals surface area (Å²) in [7, 11) is 0. The van der Waals surface area contributed by atoms with Crippen molar-refractivity contribution in [2.75, 3.05) is 6.54 Å². The maximum atomic E-state index is 10.2. The van der Waals surface area contributed by atoms with Crippen LogP contribution >= 0.6 is 0 Å². The second kappa shape index (κ2) is 5.36. The second-order valence-corrected chi connectivity index (χ2v) is 2.98. The fourth-order valence-corrected chi connectivity index (χ4v) is 1.15. The molecule has 1 aromatic carbocycles. The smallest absolute Gasteiger partial charge is 0.317 e. The molecule has 0 spiro atoms. The zero-order valence-electron chi connectivity index (χ0n) is 7.73. The zero-order valence-corrected chi connectivity index (χ0v) is 7.73. The summed E-state index contributed by atoms with van der Waals surface area (Å²) in [5.74, 6) is -0.872. The summed E-state index contributed by atoms with van der Waals surface area (Å²) in [6.07, 6.45) is 0. The van der Waals surface area contributed by atoms with Gasteiger partial charge < -0.3 is 15.5 Å². The fourth-order valence-electron chi connectivity index (χ4n) is 1.15. The number of hydrogen-bond acceptors (Lipinski definition) is 3. The Labute approximate surface area is 82.2 Å². The number of benzene rings is 1. The van der Waals surface area contributed by atoms with E-state index in [2.05, 4.69) is 5.32 Å². The number of nitrogens with one attached hydrogen (secondary N) is 1. The molecule has 1 aromatic rings. The SMILES string of the molecule is O=C(O)CNCc1cccc(CO)c1. The fraction of sp³-hybridized carbons (Fsp3) is 0.300. The van der Waals surface area contributed by atoms with Crippen LogP contribution in [0.5, 0.6) is 0 Å². The Morgan fingerprint density at radius 3 is 2.71 bits per heavy atom. The van der Waals surface area contributed by atoms with Crippen LogP contribution in [0.1, 0.15) is 11.1 Å². The van der Waals surface area contributed by atoms with E-state index in [-0.39, 0.29) is 13.2 Å². The molecule has 3 N–H and O–H groups in total. The van der Waals surface area contributed by atoms with Gasteiger partial charge >= 0.3 is 5.97 Å². The predicted molar refractivity (Wildman–Crippen MR) is 51.7 cm³/mol. The number of aliphatic hydroxyl groups is 1. The summed E-state index contributed by atoms with van der Waals surface area (Å²) in [5, 5.41) is 20.0. The zero-order chi connectivity index (χ0) is 10.4. The molecule has 0 aliphatic carbocycles. The monoisotopic (exact) mass is 195 g/mol. The predicted octanol–water partition coefficient (Wildman–Crippen LogP) is 0.353. The van der Waals surface area contributed by atoms with Crippen LogP contribution in [0, 0.1) is 0 Å². The Hall–Kier alpha value is -1.39. The average molecular weight is 195 g/mol.